The lowest BCUT2D eigenvalue weighted by molar-refractivity contribution is -0.837. The van der Waals surface area contributed by atoms with E-state index in [0.29, 0.717) is 18.9 Å². The third kappa shape index (κ3) is 2.76. The highest BCUT2D eigenvalue weighted by atomic mass is 16.6. The monoisotopic (exact) mass is 256 g/mol. The van der Waals surface area contributed by atoms with Crippen molar-refractivity contribution in [2.24, 2.45) is 5.92 Å². The van der Waals surface area contributed by atoms with Crippen LogP contribution in [0.15, 0.2) is 0 Å². The van der Waals surface area contributed by atoms with Crippen LogP contribution in [0.2, 0.25) is 0 Å². The molecule has 2 atom stereocenters. The minimum Gasteiger partial charge on any atom is -0.625 e. The van der Waals surface area contributed by atoms with Gasteiger partial charge in [-0.3, -0.25) is 9.96 Å². The number of hydrogen-bond acceptors (Lipinski definition) is 3. The Morgan fingerprint density at radius 3 is 2.17 bits per heavy atom. The third-order valence-corrected chi connectivity index (χ3v) is 3.71. The molecular formula is C14H28N2O2. The topological polar surface area (TPSA) is 52.2 Å². The molecule has 0 radical (unpaired) electrons. The molecule has 1 fully saturated rings. The zero-order chi connectivity index (χ0) is 14.4. The molecule has 1 N–H and O–H groups in total. The van der Waals surface area contributed by atoms with E-state index in [1.807, 2.05) is 34.6 Å². The molecule has 0 aliphatic carbocycles. The van der Waals surface area contributed by atoms with E-state index >= 15 is 0 Å². The number of nitrogens with one attached hydrogen (secondary N) is 1. The maximum Gasteiger partial charge on any atom is 0.333 e. The third-order valence-electron chi connectivity index (χ3n) is 3.71. The number of hydroxylamine groups is 3. The van der Waals surface area contributed by atoms with Gasteiger partial charge in [-0.1, -0.05) is 13.8 Å². The number of rotatable bonds is 3. The summed E-state index contributed by atoms with van der Waals surface area (Å²) in [7, 11) is 0. The molecule has 2 unspecified atom stereocenters. The molecule has 106 valence electrons. The summed E-state index contributed by atoms with van der Waals surface area (Å²) in [6, 6.07) is -0.231. The highest BCUT2D eigenvalue weighted by molar-refractivity contribution is 5.81. The van der Waals surface area contributed by atoms with Gasteiger partial charge in [0.25, 0.3) is 0 Å². The number of amides is 1. The largest absolute Gasteiger partial charge is 0.625 e. The van der Waals surface area contributed by atoms with Crippen molar-refractivity contribution in [3.63, 3.8) is 0 Å². The smallest absolute Gasteiger partial charge is 0.333 e. The Morgan fingerprint density at radius 1 is 1.28 bits per heavy atom. The Hall–Kier alpha value is -0.450. The zero-order valence-corrected chi connectivity index (χ0v) is 12.8. The van der Waals surface area contributed by atoms with Crippen LogP contribution in [0, 0.1) is 11.1 Å². The van der Waals surface area contributed by atoms with Crippen molar-refractivity contribution < 1.29 is 9.44 Å². The molecule has 1 heterocycles. The molecule has 1 saturated heterocycles. The van der Waals surface area contributed by atoms with Gasteiger partial charge in [-0.05, 0) is 47.0 Å². The number of quaternary nitrogens is 1. The molecule has 1 aliphatic rings. The first kappa shape index (κ1) is 15.6. The number of nitrogens with zero attached hydrogens (tertiary/aromatic N) is 1. The van der Waals surface area contributed by atoms with Crippen molar-refractivity contribution in [2.45, 2.75) is 72.0 Å². The van der Waals surface area contributed by atoms with Crippen LogP contribution in [0.25, 0.3) is 0 Å². The van der Waals surface area contributed by atoms with Crippen molar-refractivity contribution >= 4 is 5.91 Å². The van der Waals surface area contributed by atoms with E-state index in [-0.39, 0.29) is 17.5 Å². The number of hydrogen-bond donors (Lipinski definition) is 1. The van der Waals surface area contributed by atoms with Crippen molar-refractivity contribution in [1.82, 2.24) is 5.32 Å². The quantitative estimate of drug-likeness (QED) is 0.623. The predicted octanol–water partition coefficient (Wildman–Crippen LogP) is 2.42. The normalized spacial score (nSPS) is 36.4. The van der Waals surface area contributed by atoms with E-state index in [1.54, 1.807) is 0 Å². The number of carbonyl (C=O) groups is 1. The predicted molar refractivity (Wildman–Crippen MR) is 73.7 cm³/mol. The molecule has 4 nitrogen and oxygen atoms in total. The van der Waals surface area contributed by atoms with E-state index in [2.05, 4.69) is 19.2 Å². The molecule has 0 aromatic carbocycles. The van der Waals surface area contributed by atoms with Crippen LogP contribution in [0.4, 0.5) is 0 Å². The van der Waals surface area contributed by atoms with Crippen molar-refractivity contribution in [3.05, 3.63) is 5.21 Å². The maximum atomic E-state index is 12.9. The molecule has 0 aromatic rings. The van der Waals surface area contributed by atoms with Crippen molar-refractivity contribution in [3.8, 4) is 0 Å². The van der Waals surface area contributed by atoms with E-state index in [9.17, 15) is 10.0 Å². The van der Waals surface area contributed by atoms with Crippen LogP contribution in [0.5, 0.6) is 0 Å². The van der Waals surface area contributed by atoms with Crippen LogP contribution < -0.4 is 5.32 Å². The Bertz CT molecular complexity index is 339. The minimum atomic E-state index is -0.720. The summed E-state index contributed by atoms with van der Waals surface area (Å²) >= 11 is 0. The van der Waals surface area contributed by atoms with Gasteiger partial charge < -0.3 is 5.21 Å². The summed E-state index contributed by atoms with van der Waals surface area (Å²) in [6.07, 6.45) is 0.699. The molecule has 4 heteroatoms. The Morgan fingerprint density at radius 2 is 1.78 bits per heavy atom. The van der Waals surface area contributed by atoms with Crippen LogP contribution >= 0.6 is 0 Å². The lowest BCUT2D eigenvalue weighted by Gasteiger charge is -2.57. The molecule has 0 bridgehead atoms. The van der Waals surface area contributed by atoms with Gasteiger partial charge in [-0.25, -0.2) is 4.79 Å². The summed E-state index contributed by atoms with van der Waals surface area (Å²) in [6.45, 7) is 14.0. The van der Waals surface area contributed by atoms with Crippen LogP contribution in [-0.2, 0) is 4.79 Å². The lowest BCUT2D eigenvalue weighted by atomic mass is 9.82. The van der Waals surface area contributed by atoms with E-state index in [0.717, 1.165) is 0 Å². The molecule has 1 rings (SSSR count). The summed E-state index contributed by atoms with van der Waals surface area (Å²) in [5, 5.41) is 16.3. The van der Waals surface area contributed by atoms with Crippen molar-refractivity contribution in [2.75, 3.05) is 6.54 Å². The Kier molecular flexibility index (Phi) is 3.97. The highest BCUT2D eigenvalue weighted by Crippen LogP contribution is 2.33. The summed E-state index contributed by atoms with van der Waals surface area (Å²) < 4.78 is -0.719. The van der Waals surface area contributed by atoms with Crippen LogP contribution in [0.1, 0.15) is 54.9 Å². The zero-order valence-electron chi connectivity index (χ0n) is 12.8. The van der Waals surface area contributed by atoms with Gasteiger partial charge in [0.1, 0.15) is 12.1 Å². The number of piperazine rings is 1. The van der Waals surface area contributed by atoms with Crippen molar-refractivity contribution in [1.29, 1.82) is 0 Å². The fourth-order valence-corrected chi connectivity index (χ4v) is 3.29. The second kappa shape index (κ2) is 4.58. The number of carbonyl (C=O) groups excluding carboxylic acids is 1. The Labute approximate surface area is 111 Å². The molecule has 1 aliphatic heterocycles. The second-order valence-corrected chi connectivity index (χ2v) is 7.29. The molecule has 1 amide bonds. The first-order chi connectivity index (χ1) is 7.93. The van der Waals surface area contributed by atoms with E-state index < -0.39 is 10.2 Å². The first-order valence-electron chi connectivity index (χ1n) is 6.86. The average molecular weight is 256 g/mol. The minimum absolute atomic E-state index is 0.217. The molecule has 0 spiro atoms. The van der Waals surface area contributed by atoms with Gasteiger partial charge in [0.15, 0.2) is 0 Å². The van der Waals surface area contributed by atoms with Gasteiger partial charge >= 0.3 is 5.91 Å². The SMILES string of the molecule is CC(C)CC1(C)NC(C)(C)C[N+]([O-])(C(C)C)C1=O. The second-order valence-electron chi connectivity index (χ2n) is 7.29. The summed E-state index contributed by atoms with van der Waals surface area (Å²) in [4.78, 5) is 12.6. The molecular weight excluding hydrogens is 228 g/mol. The Balaban J connectivity index is 3.17. The summed E-state index contributed by atoms with van der Waals surface area (Å²) in [5.41, 5.74) is -1.04. The van der Waals surface area contributed by atoms with Gasteiger partial charge in [-0.15, -0.1) is 0 Å². The van der Waals surface area contributed by atoms with Gasteiger partial charge in [0.05, 0.1) is 11.6 Å². The fourth-order valence-electron chi connectivity index (χ4n) is 3.29. The molecule has 0 saturated carbocycles. The molecule has 0 aromatic heterocycles. The van der Waals surface area contributed by atoms with Crippen LogP contribution in [-0.4, -0.2) is 34.2 Å². The first-order valence-corrected chi connectivity index (χ1v) is 6.86. The lowest BCUT2D eigenvalue weighted by Crippen LogP contribution is -2.77. The maximum absolute atomic E-state index is 12.9. The van der Waals surface area contributed by atoms with Gasteiger partial charge in [0, 0.05) is 0 Å². The summed E-state index contributed by atoms with van der Waals surface area (Å²) in [5.74, 6) is 0.159. The standard InChI is InChI=1S/C14H28N2O2/c1-10(2)8-14(7)12(17)16(18,11(3)4)9-13(5,6)15-14/h10-11,15H,8-9H2,1-7H3. The highest BCUT2D eigenvalue weighted by Gasteiger charge is 2.54. The fraction of sp³-hybridized carbons (Fsp3) is 0.929. The van der Waals surface area contributed by atoms with Gasteiger partial charge in [-0.2, -0.15) is 0 Å². The van der Waals surface area contributed by atoms with E-state index in [4.69, 9.17) is 0 Å². The van der Waals surface area contributed by atoms with E-state index in [1.165, 1.54) is 0 Å². The van der Waals surface area contributed by atoms with Gasteiger partial charge in [0.2, 0.25) is 0 Å². The average Bonchev–Trinajstić information content (AvgIpc) is 2.10. The molecule has 18 heavy (non-hydrogen) atoms. The van der Waals surface area contributed by atoms with Crippen LogP contribution in [0.3, 0.4) is 0 Å².